The van der Waals surface area contributed by atoms with Crippen molar-refractivity contribution in [2.45, 2.75) is 20.3 Å². The number of para-hydroxylation sites is 2. The molecule has 0 bridgehead atoms. The molecule has 0 saturated carbocycles. The molecular weight excluding hydrogens is 314 g/mol. The molecule has 0 amide bonds. The van der Waals surface area contributed by atoms with Gasteiger partial charge in [-0.1, -0.05) is 18.2 Å². The first-order valence-electron chi connectivity index (χ1n) is 7.46. The number of anilines is 2. The summed E-state index contributed by atoms with van der Waals surface area (Å²) in [4.78, 5) is 2.05. The SMILES string of the molecule is Cc1cc(C)c2c(c1)N(CCCS(=O)(=O)O)c1ccccc1O2. The summed E-state index contributed by atoms with van der Waals surface area (Å²) in [6.07, 6.45) is 0.333. The van der Waals surface area contributed by atoms with E-state index in [1.807, 2.05) is 44.2 Å². The third-order valence-corrected chi connectivity index (χ3v) is 4.65. The zero-order chi connectivity index (χ0) is 16.6. The van der Waals surface area contributed by atoms with Crippen LogP contribution in [-0.4, -0.2) is 25.3 Å². The van der Waals surface area contributed by atoms with Crippen molar-refractivity contribution in [1.29, 1.82) is 0 Å². The largest absolute Gasteiger partial charge is 0.453 e. The Morgan fingerprint density at radius 1 is 1.13 bits per heavy atom. The van der Waals surface area contributed by atoms with Gasteiger partial charge in [0, 0.05) is 6.54 Å². The Kier molecular flexibility index (Phi) is 4.04. The van der Waals surface area contributed by atoms with E-state index in [1.54, 1.807) is 0 Å². The van der Waals surface area contributed by atoms with E-state index in [-0.39, 0.29) is 5.75 Å². The monoisotopic (exact) mass is 333 g/mol. The minimum atomic E-state index is -3.95. The molecule has 5 nitrogen and oxygen atoms in total. The predicted molar refractivity (Wildman–Crippen MR) is 90.5 cm³/mol. The maximum atomic E-state index is 11.0. The second-order valence-electron chi connectivity index (χ2n) is 5.79. The fourth-order valence-electron chi connectivity index (χ4n) is 2.92. The smallest absolute Gasteiger partial charge is 0.264 e. The van der Waals surface area contributed by atoms with Crippen LogP contribution in [0.25, 0.3) is 0 Å². The Morgan fingerprint density at radius 2 is 1.87 bits per heavy atom. The highest BCUT2D eigenvalue weighted by Crippen LogP contribution is 2.48. The molecule has 0 fully saturated rings. The summed E-state index contributed by atoms with van der Waals surface area (Å²) in [7, 11) is -3.95. The van der Waals surface area contributed by atoms with Crippen molar-refractivity contribution >= 4 is 21.5 Å². The third-order valence-electron chi connectivity index (χ3n) is 3.84. The second-order valence-corrected chi connectivity index (χ2v) is 7.36. The van der Waals surface area contributed by atoms with Crippen LogP contribution in [0.5, 0.6) is 11.5 Å². The maximum absolute atomic E-state index is 11.0. The summed E-state index contributed by atoms with van der Waals surface area (Å²) < 4.78 is 37.0. The molecule has 0 saturated heterocycles. The second kappa shape index (κ2) is 5.86. The highest BCUT2D eigenvalue weighted by molar-refractivity contribution is 7.85. The topological polar surface area (TPSA) is 66.8 Å². The van der Waals surface area contributed by atoms with Crippen LogP contribution in [-0.2, 0) is 10.1 Å². The Morgan fingerprint density at radius 3 is 2.61 bits per heavy atom. The fourth-order valence-corrected chi connectivity index (χ4v) is 3.41. The van der Waals surface area contributed by atoms with Crippen LogP contribution in [0, 0.1) is 13.8 Å². The van der Waals surface area contributed by atoms with E-state index in [9.17, 15) is 8.42 Å². The van der Waals surface area contributed by atoms with Gasteiger partial charge >= 0.3 is 0 Å². The lowest BCUT2D eigenvalue weighted by Crippen LogP contribution is -2.24. The van der Waals surface area contributed by atoms with Gasteiger partial charge in [0.15, 0.2) is 11.5 Å². The zero-order valence-corrected chi connectivity index (χ0v) is 13.9. The molecular formula is C17H19NO4S. The highest BCUT2D eigenvalue weighted by Gasteiger charge is 2.25. The number of ether oxygens (including phenoxy) is 1. The average molecular weight is 333 g/mol. The van der Waals surface area contributed by atoms with Gasteiger partial charge in [-0.2, -0.15) is 8.42 Å². The molecule has 0 aromatic heterocycles. The number of nitrogens with zero attached hydrogens (tertiary/aromatic N) is 1. The molecule has 122 valence electrons. The number of benzene rings is 2. The number of aryl methyl sites for hydroxylation is 2. The minimum Gasteiger partial charge on any atom is -0.453 e. The Bertz CT molecular complexity index is 846. The zero-order valence-electron chi connectivity index (χ0n) is 13.1. The van der Waals surface area contributed by atoms with Gasteiger partial charge in [0.2, 0.25) is 0 Å². The first-order valence-corrected chi connectivity index (χ1v) is 9.07. The Hall–Kier alpha value is -2.05. The average Bonchev–Trinajstić information content (AvgIpc) is 2.46. The van der Waals surface area contributed by atoms with Crippen LogP contribution in [0.3, 0.4) is 0 Å². The standard InChI is InChI=1S/C17H19NO4S/c1-12-10-13(2)17-15(11-12)18(8-5-9-23(19,20)21)14-6-3-4-7-16(14)22-17/h3-4,6-7,10-11H,5,8-9H2,1-2H3,(H,19,20,21). The van der Waals surface area contributed by atoms with Gasteiger partial charge in [0.1, 0.15) is 0 Å². The van der Waals surface area contributed by atoms with E-state index in [0.717, 1.165) is 34.0 Å². The van der Waals surface area contributed by atoms with E-state index in [2.05, 4.69) is 11.0 Å². The predicted octanol–water partition coefficient (Wildman–Crippen LogP) is 3.83. The van der Waals surface area contributed by atoms with Crippen LogP contribution < -0.4 is 9.64 Å². The summed E-state index contributed by atoms with van der Waals surface area (Å²) in [5.74, 6) is 1.28. The summed E-state index contributed by atoms with van der Waals surface area (Å²) in [5.41, 5.74) is 3.98. The molecule has 6 heteroatoms. The van der Waals surface area contributed by atoms with Gasteiger partial charge in [-0.3, -0.25) is 4.55 Å². The molecule has 1 heterocycles. The van der Waals surface area contributed by atoms with Crippen molar-refractivity contribution in [3.63, 3.8) is 0 Å². The molecule has 3 rings (SSSR count). The molecule has 1 N–H and O–H groups in total. The first kappa shape index (κ1) is 15.8. The highest BCUT2D eigenvalue weighted by atomic mass is 32.2. The fraction of sp³-hybridized carbons (Fsp3) is 0.294. The van der Waals surface area contributed by atoms with Crippen molar-refractivity contribution < 1.29 is 17.7 Å². The van der Waals surface area contributed by atoms with E-state index >= 15 is 0 Å². The van der Waals surface area contributed by atoms with Crippen molar-refractivity contribution in [2.24, 2.45) is 0 Å². The molecule has 23 heavy (non-hydrogen) atoms. The number of hydrogen-bond acceptors (Lipinski definition) is 4. The van der Waals surface area contributed by atoms with Crippen LogP contribution >= 0.6 is 0 Å². The third kappa shape index (κ3) is 3.33. The quantitative estimate of drug-likeness (QED) is 0.862. The summed E-state index contributed by atoms with van der Waals surface area (Å²) in [6.45, 7) is 4.50. The molecule has 1 aliphatic heterocycles. The normalized spacial score (nSPS) is 13.3. The summed E-state index contributed by atoms with van der Waals surface area (Å²) in [5, 5.41) is 0. The van der Waals surface area contributed by atoms with Crippen LogP contribution in [0.1, 0.15) is 17.5 Å². The van der Waals surface area contributed by atoms with Crippen molar-refractivity contribution in [3.05, 3.63) is 47.5 Å². The number of hydrogen-bond donors (Lipinski definition) is 1. The minimum absolute atomic E-state index is 0.257. The lowest BCUT2D eigenvalue weighted by molar-refractivity contribution is 0.468. The summed E-state index contributed by atoms with van der Waals surface area (Å²) >= 11 is 0. The Labute approximate surface area is 136 Å². The molecule has 1 aliphatic rings. The molecule has 0 aliphatic carbocycles. The lowest BCUT2D eigenvalue weighted by Gasteiger charge is -2.33. The van der Waals surface area contributed by atoms with Crippen LogP contribution in [0.4, 0.5) is 11.4 Å². The van der Waals surface area contributed by atoms with E-state index in [0.29, 0.717) is 13.0 Å². The van der Waals surface area contributed by atoms with Crippen LogP contribution in [0.2, 0.25) is 0 Å². The van der Waals surface area contributed by atoms with Crippen LogP contribution in [0.15, 0.2) is 36.4 Å². The molecule has 0 spiro atoms. The molecule has 2 aromatic carbocycles. The van der Waals surface area contributed by atoms with Crippen molar-refractivity contribution in [3.8, 4) is 11.5 Å². The molecule has 0 radical (unpaired) electrons. The van der Waals surface area contributed by atoms with Crippen molar-refractivity contribution in [2.75, 3.05) is 17.2 Å². The van der Waals surface area contributed by atoms with Gasteiger partial charge in [-0.05, 0) is 49.6 Å². The van der Waals surface area contributed by atoms with E-state index in [1.165, 1.54) is 0 Å². The maximum Gasteiger partial charge on any atom is 0.264 e. The van der Waals surface area contributed by atoms with E-state index in [4.69, 9.17) is 9.29 Å². The van der Waals surface area contributed by atoms with Gasteiger partial charge < -0.3 is 9.64 Å². The van der Waals surface area contributed by atoms with Gasteiger partial charge in [0.05, 0.1) is 17.1 Å². The van der Waals surface area contributed by atoms with Crippen molar-refractivity contribution in [1.82, 2.24) is 0 Å². The van der Waals surface area contributed by atoms with Gasteiger partial charge in [-0.15, -0.1) is 0 Å². The number of fused-ring (bicyclic) bond motifs is 2. The molecule has 0 unspecified atom stereocenters. The van der Waals surface area contributed by atoms with Gasteiger partial charge in [0.25, 0.3) is 10.1 Å². The summed E-state index contributed by atoms with van der Waals surface area (Å²) in [6, 6.07) is 11.8. The number of rotatable bonds is 4. The lowest BCUT2D eigenvalue weighted by atomic mass is 10.1. The Balaban J connectivity index is 2.00. The molecule has 2 aromatic rings. The molecule has 0 atom stereocenters. The first-order chi connectivity index (χ1) is 10.8. The van der Waals surface area contributed by atoms with E-state index < -0.39 is 10.1 Å². The van der Waals surface area contributed by atoms with Gasteiger partial charge in [-0.25, -0.2) is 0 Å².